The summed E-state index contributed by atoms with van der Waals surface area (Å²) in [5, 5.41) is 3.61. The molecule has 0 bridgehead atoms. The third-order valence-electron chi connectivity index (χ3n) is 5.39. The highest BCUT2D eigenvalue weighted by Crippen LogP contribution is 2.35. The number of hydrogen-bond donors (Lipinski definition) is 1. The van der Waals surface area contributed by atoms with Crippen molar-refractivity contribution in [3.05, 3.63) is 47.4 Å². The highest BCUT2D eigenvalue weighted by atomic mass is 35.5. The first-order chi connectivity index (χ1) is 13.1. The molecule has 0 saturated carbocycles. The number of likely N-dealkylation sites (tertiary alicyclic amines) is 1. The Morgan fingerprint density at radius 3 is 2.79 bits per heavy atom. The molecule has 1 amide bonds. The van der Waals surface area contributed by atoms with Gasteiger partial charge >= 0.3 is 0 Å². The van der Waals surface area contributed by atoms with E-state index in [4.69, 9.17) is 13.9 Å². The number of methoxy groups -OCH3 is 1. The largest absolute Gasteiger partial charge is 0.496 e. The van der Waals surface area contributed by atoms with Crippen LogP contribution in [0.5, 0.6) is 11.5 Å². The van der Waals surface area contributed by atoms with E-state index in [2.05, 4.69) is 24.4 Å². The summed E-state index contributed by atoms with van der Waals surface area (Å²) in [6.45, 7) is 4.28. The number of carbonyl (C=O) groups is 1. The average Bonchev–Trinajstić information content (AvgIpc) is 3.34. The van der Waals surface area contributed by atoms with Gasteiger partial charge in [-0.3, -0.25) is 4.79 Å². The van der Waals surface area contributed by atoms with Gasteiger partial charge in [-0.25, -0.2) is 0 Å². The molecule has 3 heterocycles. The summed E-state index contributed by atoms with van der Waals surface area (Å²) in [6.07, 6.45) is 4.54. The van der Waals surface area contributed by atoms with E-state index in [1.807, 2.05) is 4.90 Å². The number of benzene rings is 1. The zero-order valence-corrected chi connectivity index (χ0v) is 17.1. The third-order valence-corrected chi connectivity index (χ3v) is 5.39. The van der Waals surface area contributed by atoms with Gasteiger partial charge in [0.2, 0.25) is 0 Å². The smallest absolute Gasteiger partial charge is 0.289 e. The Hall–Kier alpha value is -2.18. The van der Waals surface area contributed by atoms with Gasteiger partial charge in [-0.2, -0.15) is 0 Å². The molecule has 0 spiro atoms. The molecule has 152 valence electrons. The number of nitrogens with zero attached hydrogens (tertiary/aromatic N) is 1. The van der Waals surface area contributed by atoms with Crippen LogP contribution >= 0.6 is 12.4 Å². The van der Waals surface area contributed by atoms with Crippen molar-refractivity contribution in [1.29, 1.82) is 0 Å². The maximum Gasteiger partial charge on any atom is 0.289 e. The summed E-state index contributed by atoms with van der Waals surface area (Å²) in [4.78, 5) is 14.2. The number of nitrogens with one attached hydrogen (secondary N) is 1. The molecule has 6 nitrogen and oxygen atoms in total. The van der Waals surface area contributed by atoms with Gasteiger partial charge in [0.1, 0.15) is 17.6 Å². The van der Waals surface area contributed by atoms with Crippen LogP contribution in [0.1, 0.15) is 41.4 Å². The van der Waals surface area contributed by atoms with E-state index in [1.165, 1.54) is 11.8 Å². The highest BCUT2D eigenvalue weighted by Gasteiger charge is 2.26. The Morgan fingerprint density at radius 1 is 1.32 bits per heavy atom. The van der Waals surface area contributed by atoms with Crippen molar-refractivity contribution in [1.82, 2.24) is 10.2 Å². The minimum atomic E-state index is -0.0231. The molecule has 1 aromatic heterocycles. The number of rotatable bonds is 5. The molecule has 2 aliphatic heterocycles. The lowest BCUT2D eigenvalue weighted by atomic mass is 10.0. The molecule has 2 aliphatic rings. The van der Waals surface area contributed by atoms with E-state index in [9.17, 15) is 4.79 Å². The van der Waals surface area contributed by atoms with Crippen molar-refractivity contribution < 1.29 is 18.7 Å². The Bertz CT molecular complexity index is 801. The zero-order chi connectivity index (χ0) is 18.8. The maximum atomic E-state index is 12.3. The summed E-state index contributed by atoms with van der Waals surface area (Å²) >= 11 is 0. The minimum absolute atomic E-state index is 0. The van der Waals surface area contributed by atoms with Gasteiger partial charge in [-0.05, 0) is 44.0 Å². The lowest BCUT2D eigenvalue weighted by molar-refractivity contribution is 0.0672. The number of fused-ring (bicyclic) bond motifs is 1. The number of hydrogen-bond acceptors (Lipinski definition) is 5. The molecule has 7 heteroatoms. The van der Waals surface area contributed by atoms with Crippen LogP contribution in [0, 0.1) is 0 Å². The van der Waals surface area contributed by atoms with Gasteiger partial charge in [0.25, 0.3) is 5.91 Å². The van der Waals surface area contributed by atoms with Crippen LogP contribution in [-0.4, -0.2) is 43.2 Å². The molecule has 1 atom stereocenters. The first-order valence-corrected chi connectivity index (χ1v) is 9.56. The van der Waals surface area contributed by atoms with Crippen LogP contribution in [-0.2, 0) is 13.0 Å². The van der Waals surface area contributed by atoms with Gasteiger partial charge in [-0.1, -0.05) is 0 Å². The van der Waals surface area contributed by atoms with Crippen LogP contribution in [0.4, 0.5) is 0 Å². The summed E-state index contributed by atoms with van der Waals surface area (Å²) in [7, 11) is 1.71. The summed E-state index contributed by atoms with van der Waals surface area (Å²) in [5.41, 5.74) is 2.33. The topological polar surface area (TPSA) is 63.9 Å². The van der Waals surface area contributed by atoms with Crippen LogP contribution in [0.3, 0.4) is 0 Å². The van der Waals surface area contributed by atoms with E-state index in [0.29, 0.717) is 11.8 Å². The standard InChI is InChI=1S/C21H26N2O4.ClH/c1-14-10-15-11-19(25-2)16(12-20(15)27-14)13-22-17-5-7-23(8-6-17)21(24)18-4-3-9-26-18;/h3-4,9,11-12,14,17,22H,5-8,10,13H2,1-2H3;1H. The molecule has 28 heavy (non-hydrogen) atoms. The molecule has 2 aromatic rings. The average molecular weight is 407 g/mol. The lowest BCUT2D eigenvalue weighted by Gasteiger charge is -2.32. The second-order valence-corrected chi connectivity index (χ2v) is 7.33. The van der Waals surface area contributed by atoms with Crippen molar-refractivity contribution in [2.24, 2.45) is 0 Å². The number of piperidine rings is 1. The number of ether oxygens (including phenoxy) is 2. The zero-order valence-electron chi connectivity index (χ0n) is 16.3. The van der Waals surface area contributed by atoms with Crippen LogP contribution in [0.15, 0.2) is 34.9 Å². The predicted molar refractivity (Wildman–Crippen MR) is 109 cm³/mol. The van der Waals surface area contributed by atoms with E-state index in [1.54, 1.807) is 19.2 Å². The van der Waals surface area contributed by atoms with Crippen molar-refractivity contribution >= 4 is 18.3 Å². The van der Waals surface area contributed by atoms with Gasteiger partial charge in [0, 0.05) is 43.2 Å². The maximum absolute atomic E-state index is 12.3. The fraction of sp³-hybridized carbons (Fsp3) is 0.476. The second-order valence-electron chi connectivity index (χ2n) is 7.33. The summed E-state index contributed by atoms with van der Waals surface area (Å²) in [5.74, 6) is 2.27. The summed E-state index contributed by atoms with van der Waals surface area (Å²) in [6, 6.07) is 8.04. The van der Waals surface area contributed by atoms with Crippen LogP contribution < -0.4 is 14.8 Å². The predicted octanol–water partition coefficient (Wildman–Crippen LogP) is 3.43. The number of furan rings is 1. The van der Waals surface area contributed by atoms with Gasteiger partial charge in [-0.15, -0.1) is 12.4 Å². The molecule has 1 N–H and O–H groups in total. The molecule has 1 fully saturated rings. The fourth-order valence-electron chi connectivity index (χ4n) is 3.91. The first kappa shape index (κ1) is 20.6. The van der Waals surface area contributed by atoms with E-state index >= 15 is 0 Å². The summed E-state index contributed by atoms with van der Waals surface area (Å²) < 4.78 is 16.7. The number of amides is 1. The van der Waals surface area contributed by atoms with Crippen molar-refractivity contribution in [2.45, 2.75) is 44.9 Å². The Labute approximate surface area is 171 Å². The van der Waals surface area contributed by atoms with Gasteiger partial charge < -0.3 is 24.1 Å². The third kappa shape index (κ3) is 4.28. The van der Waals surface area contributed by atoms with Crippen LogP contribution in [0.25, 0.3) is 0 Å². The monoisotopic (exact) mass is 406 g/mol. The molecule has 0 radical (unpaired) electrons. The number of halogens is 1. The van der Waals surface area contributed by atoms with Crippen molar-refractivity contribution in [3.8, 4) is 11.5 Å². The second kappa shape index (κ2) is 8.88. The Kier molecular flexibility index (Phi) is 6.52. The normalized spacial score (nSPS) is 18.9. The quantitative estimate of drug-likeness (QED) is 0.824. The van der Waals surface area contributed by atoms with E-state index in [0.717, 1.165) is 56.0 Å². The minimum Gasteiger partial charge on any atom is -0.496 e. The SMILES string of the molecule is COc1cc2c(cc1CNC1CCN(C(=O)c3ccco3)CC1)OC(C)C2.Cl. The molecular weight excluding hydrogens is 380 g/mol. The molecule has 1 unspecified atom stereocenters. The van der Waals surface area contributed by atoms with Crippen molar-refractivity contribution in [2.75, 3.05) is 20.2 Å². The van der Waals surface area contributed by atoms with Gasteiger partial charge in [0.05, 0.1) is 13.4 Å². The highest BCUT2D eigenvalue weighted by molar-refractivity contribution is 5.91. The van der Waals surface area contributed by atoms with Crippen molar-refractivity contribution in [3.63, 3.8) is 0 Å². The number of carbonyl (C=O) groups excluding carboxylic acids is 1. The van der Waals surface area contributed by atoms with E-state index in [-0.39, 0.29) is 24.4 Å². The first-order valence-electron chi connectivity index (χ1n) is 9.56. The van der Waals surface area contributed by atoms with Crippen LogP contribution in [0.2, 0.25) is 0 Å². The Balaban J connectivity index is 0.00000225. The molecule has 0 aliphatic carbocycles. The van der Waals surface area contributed by atoms with E-state index < -0.39 is 0 Å². The molecule has 1 aromatic carbocycles. The molecular formula is C21H27ClN2O4. The molecule has 4 rings (SSSR count). The Morgan fingerprint density at radius 2 is 2.11 bits per heavy atom. The molecule has 1 saturated heterocycles. The fourth-order valence-corrected chi connectivity index (χ4v) is 3.91. The lowest BCUT2D eigenvalue weighted by Crippen LogP contribution is -2.44. The van der Waals surface area contributed by atoms with Gasteiger partial charge in [0.15, 0.2) is 5.76 Å².